The molecule has 6 nitrogen and oxygen atoms in total. The number of amides is 1. The number of aryl methyl sites for hydroxylation is 1. The first-order valence-corrected chi connectivity index (χ1v) is 8.50. The lowest BCUT2D eigenvalue weighted by atomic mass is 9.92. The van der Waals surface area contributed by atoms with E-state index in [1.54, 1.807) is 4.68 Å². The number of aromatic nitrogens is 2. The van der Waals surface area contributed by atoms with Gasteiger partial charge in [0.15, 0.2) is 0 Å². The lowest BCUT2D eigenvalue weighted by Gasteiger charge is -2.21. The second kappa shape index (κ2) is 7.45. The molecule has 1 aliphatic rings. The van der Waals surface area contributed by atoms with E-state index in [4.69, 9.17) is 5.11 Å². The fourth-order valence-electron chi connectivity index (χ4n) is 2.57. The number of aliphatic hydroxyl groups is 1. The summed E-state index contributed by atoms with van der Waals surface area (Å²) in [5.74, 6) is 0.746. The highest BCUT2D eigenvalue weighted by atomic mass is 16.3. The average molecular weight is 322 g/mol. The third kappa shape index (κ3) is 5.32. The first-order valence-electron chi connectivity index (χ1n) is 8.50. The third-order valence-electron chi connectivity index (χ3n) is 4.18. The molecule has 1 aromatic rings. The second-order valence-electron chi connectivity index (χ2n) is 7.47. The Morgan fingerprint density at radius 2 is 2.13 bits per heavy atom. The quantitative estimate of drug-likeness (QED) is 0.717. The first-order chi connectivity index (χ1) is 10.8. The van der Waals surface area contributed by atoms with E-state index in [2.05, 4.69) is 36.1 Å². The van der Waals surface area contributed by atoms with Gasteiger partial charge in [0, 0.05) is 31.2 Å². The van der Waals surface area contributed by atoms with Gasteiger partial charge in [-0.05, 0) is 32.2 Å². The highest BCUT2D eigenvalue weighted by Crippen LogP contribution is 2.27. The minimum atomic E-state index is -0.0366. The van der Waals surface area contributed by atoms with Gasteiger partial charge in [0.1, 0.15) is 5.82 Å². The molecule has 0 aromatic carbocycles. The Morgan fingerprint density at radius 3 is 2.65 bits per heavy atom. The standard InChI is InChI=1S/C17H30N4O2/c1-17(2,3)14-11-15(20(4)19-14)18-16(23)12-21(13-7-8-13)9-5-6-10-22/h11,13,22H,5-10,12H2,1-4H3,(H,18,23). The van der Waals surface area contributed by atoms with Gasteiger partial charge in [-0.1, -0.05) is 20.8 Å². The molecule has 1 aromatic heterocycles. The summed E-state index contributed by atoms with van der Waals surface area (Å²) in [5, 5.41) is 16.4. The zero-order valence-corrected chi connectivity index (χ0v) is 14.8. The van der Waals surface area contributed by atoms with Crippen LogP contribution < -0.4 is 5.32 Å². The van der Waals surface area contributed by atoms with Gasteiger partial charge in [0.2, 0.25) is 5.91 Å². The molecule has 0 saturated heterocycles. The molecule has 1 fully saturated rings. The maximum Gasteiger partial charge on any atom is 0.239 e. The molecule has 0 bridgehead atoms. The highest BCUT2D eigenvalue weighted by molar-refractivity contribution is 5.91. The van der Waals surface area contributed by atoms with Gasteiger partial charge < -0.3 is 10.4 Å². The van der Waals surface area contributed by atoms with Crippen molar-refractivity contribution >= 4 is 11.7 Å². The molecule has 2 rings (SSSR count). The summed E-state index contributed by atoms with van der Waals surface area (Å²) in [7, 11) is 1.85. The molecule has 0 radical (unpaired) electrons. The summed E-state index contributed by atoms with van der Waals surface area (Å²) >= 11 is 0. The van der Waals surface area contributed by atoms with E-state index in [9.17, 15) is 4.79 Å². The van der Waals surface area contributed by atoms with Crippen molar-refractivity contribution in [3.05, 3.63) is 11.8 Å². The minimum Gasteiger partial charge on any atom is -0.396 e. The first kappa shape index (κ1) is 17.9. The Morgan fingerprint density at radius 1 is 1.43 bits per heavy atom. The highest BCUT2D eigenvalue weighted by Gasteiger charge is 2.30. The van der Waals surface area contributed by atoms with Crippen LogP contribution in [-0.2, 0) is 17.3 Å². The average Bonchev–Trinajstić information content (AvgIpc) is 3.22. The number of carbonyl (C=O) groups is 1. The predicted molar refractivity (Wildman–Crippen MR) is 91.5 cm³/mol. The topological polar surface area (TPSA) is 70.4 Å². The molecule has 0 spiro atoms. The fraction of sp³-hybridized carbons (Fsp3) is 0.765. The molecule has 1 amide bonds. The number of carbonyl (C=O) groups excluding carboxylic acids is 1. The van der Waals surface area contributed by atoms with Gasteiger partial charge in [-0.2, -0.15) is 5.10 Å². The Balaban J connectivity index is 1.91. The maximum absolute atomic E-state index is 12.4. The lowest BCUT2D eigenvalue weighted by Crippen LogP contribution is -2.36. The van der Waals surface area contributed by atoms with Crippen LogP contribution in [0.3, 0.4) is 0 Å². The normalized spacial score (nSPS) is 15.2. The number of unbranched alkanes of at least 4 members (excludes halogenated alkanes) is 1. The number of hydrogen-bond donors (Lipinski definition) is 2. The molecule has 23 heavy (non-hydrogen) atoms. The molecule has 130 valence electrons. The number of hydrogen-bond acceptors (Lipinski definition) is 4. The van der Waals surface area contributed by atoms with Crippen molar-refractivity contribution in [2.75, 3.05) is 25.0 Å². The second-order valence-corrected chi connectivity index (χ2v) is 7.47. The van der Waals surface area contributed by atoms with Crippen LogP contribution in [0.2, 0.25) is 0 Å². The molecule has 1 saturated carbocycles. The van der Waals surface area contributed by atoms with E-state index in [1.165, 1.54) is 12.8 Å². The Bertz CT molecular complexity index is 529. The molecule has 6 heteroatoms. The third-order valence-corrected chi connectivity index (χ3v) is 4.18. The summed E-state index contributed by atoms with van der Waals surface area (Å²) in [6.45, 7) is 7.82. The van der Waals surface area contributed by atoms with Crippen molar-refractivity contribution in [2.45, 2.75) is 57.9 Å². The monoisotopic (exact) mass is 322 g/mol. The lowest BCUT2D eigenvalue weighted by molar-refractivity contribution is -0.117. The summed E-state index contributed by atoms with van der Waals surface area (Å²) < 4.78 is 1.73. The van der Waals surface area contributed by atoms with Crippen LogP contribution in [-0.4, -0.2) is 51.4 Å². The van der Waals surface area contributed by atoms with E-state index in [-0.39, 0.29) is 17.9 Å². The number of anilines is 1. The summed E-state index contributed by atoms with van der Waals surface area (Å²) in [5.41, 5.74) is 0.933. The van der Waals surface area contributed by atoms with Gasteiger partial charge in [-0.3, -0.25) is 14.4 Å². The van der Waals surface area contributed by atoms with E-state index in [0.717, 1.165) is 30.9 Å². The maximum atomic E-state index is 12.4. The summed E-state index contributed by atoms with van der Waals surface area (Å²) in [6.07, 6.45) is 4.07. The number of aliphatic hydroxyl groups excluding tert-OH is 1. The van der Waals surface area contributed by atoms with Crippen LogP contribution in [0.4, 0.5) is 5.82 Å². The van der Waals surface area contributed by atoms with Gasteiger partial charge >= 0.3 is 0 Å². The van der Waals surface area contributed by atoms with E-state index >= 15 is 0 Å². The van der Waals surface area contributed by atoms with Crippen LogP contribution >= 0.6 is 0 Å². The van der Waals surface area contributed by atoms with E-state index < -0.39 is 0 Å². The molecular weight excluding hydrogens is 292 g/mol. The van der Waals surface area contributed by atoms with Gasteiger partial charge in [-0.25, -0.2) is 0 Å². The Labute approximate surface area is 138 Å². The van der Waals surface area contributed by atoms with Crippen LogP contribution in [0.25, 0.3) is 0 Å². The van der Waals surface area contributed by atoms with E-state index in [1.807, 2.05) is 13.1 Å². The smallest absolute Gasteiger partial charge is 0.239 e. The van der Waals surface area contributed by atoms with Crippen molar-refractivity contribution in [3.8, 4) is 0 Å². The van der Waals surface area contributed by atoms with Gasteiger partial charge in [0.25, 0.3) is 0 Å². The molecular formula is C17H30N4O2. The van der Waals surface area contributed by atoms with Crippen molar-refractivity contribution in [1.82, 2.24) is 14.7 Å². The summed E-state index contributed by atoms with van der Waals surface area (Å²) in [4.78, 5) is 14.6. The molecule has 1 aliphatic carbocycles. The molecule has 0 aliphatic heterocycles. The molecule has 1 heterocycles. The molecule has 0 unspecified atom stereocenters. The minimum absolute atomic E-state index is 0.00403. The largest absolute Gasteiger partial charge is 0.396 e. The molecule has 0 atom stereocenters. The van der Waals surface area contributed by atoms with Crippen molar-refractivity contribution in [2.24, 2.45) is 7.05 Å². The van der Waals surface area contributed by atoms with Gasteiger partial charge in [0.05, 0.1) is 12.2 Å². The zero-order valence-electron chi connectivity index (χ0n) is 14.8. The zero-order chi connectivity index (χ0) is 17.0. The fourth-order valence-corrected chi connectivity index (χ4v) is 2.57. The number of nitrogens with one attached hydrogen (secondary N) is 1. The van der Waals surface area contributed by atoms with Gasteiger partial charge in [-0.15, -0.1) is 0 Å². The predicted octanol–water partition coefficient (Wildman–Crippen LogP) is 1.89. The van der Waals surface area contributed by atoms with Crippen LogP contribution in [0, 0.1) is 0 Å². The van der Waals surface area contributed by atoms with Crippen LogP contribution in [0.15, 0.2) is 6.07 Å². The molecule has 2 N–H and O–H groups in total. The van der Waals surface area contributed by atoms with Crippen molar-refractivity contribution in [3.63, 3.8) is 0 Å². The van der Waals surface area contributed by atoms with Crippen molar-refractivity contribution < 1.29 is 9.90 Å². The van der Waals surface area contributed by atoms with E-state index in [0.29, 0.717) is 12.6 Å². The van der Waals surface area contributed by atoms with Crippen LogP contribution in [0.1, 0.15) is 52.1 Å². The Kier molecular flexibility index (Phi) is 5.81. The summed E-state index contributed by atoms with van der Waals surface area (Å²) in [6, 6.07) is 2.49. The number of rotatable bonds is 8. The van der Waals surface area contributed by atoms with Crippen molar-refractivity contribution in [1.29, 1.82) is 0 Å². The SMILES string of the molecule is Cn1nc(C(C)(C)C)cc1NC(=O)CN(CCCCO)C1CC1. The Hall–Kier alpha value is -1.40. The van der Waals surface area contributed by atoms with Crippen LogP contribution in [0.5, 0.6) is 0 Å². The number of nitrogens with zero attached hydrogens (tertiary/aromatic N) is 3.